The second-order valence-electron chi connectivity index (χ2n) is 8.72. The zero-order valence-corrected chi connectivity index (χ0v) is 20.0. The Hall–Kier alpha value is -2.97. The summed E-state index contributed by atoms with van der Waals surface area (Å²) >= 11 is 0. The molecule has 3 N–H and O–H groups in total. The summed E-state index contributed by atoms with van der Waals surface area (Å²) in [4.78, 5) is 8.88. The number of rotatable bonds is 1. The van der Waals surface area contributed by atoms with E-state index in [2.05, 4.69) is 58.2 Å². The quantitative estimate of drug-likeness (QED) is 0.549. The highest BCUT2D eigenvalue weighted by Gasteiger charge is 2.20. The first-order valence-corrected chi connectivity index (χ1v) is 11.4. The number of hydrogen-bond acceptors (Lipinski definition) is 4. The summed E-state index contributed by atoms with van der Waals surface area (Å²) in [5, 5.41) is 10.2. The average Bonchev–Trinajstić information content (AvgIpc) is 2.80. The van der Waals surface area contributed by atoms with Crippen LogP contribution < -0.4 is 20.9 Å². The summed E-state index contributed by atoms with van der Waals surface area (Å²) < 4.78 is 12.1. The largest absolute Gasteiger partial charge is 0.369 e. The molecule has 33 heavy (non-hydrogen) atoms. The summed E-state index contributed by atoms with van der Waals surface area (Å²) in [5.41, 5.74) is 2.39. The van der Waals surface area contributed by atoms with E-state index in [1.54, 1.807) is 0 Å². The molecular weight excluding hydrogens is 415 g/mol. The van der Waals surface area contributed by atoms with Crippen molar-refractivity contribution in [3.63, 3.8) is 0 Å². The van der Waals surface area contributed by atoms with Crippen molar-refractivity contribution in [2.75, 3.05) is 31.1 Å². The van der Waals surface area contributed by atoms with E-state index in [9.17, 15) is 4.39 Å². The molecule has 0 radical (unpaired) electrons. The molecular formula is C26H35FN6. The molecule has 0 amide bonds. The van der Waals surface area contributed by atoms with Gasteiger partial charge in [-0.05, 0) is 52.0 Å². The number of benzene rings is 2. The standard InChI is InChI=1S/C13H17N3.C7H4FN.C6H14N2/c1-10-8-16(9-11(2)15-10)13-6-4-12(14-3)5-7-13;1-9-7-4-2-6(8)3-5-7;1-5-3-7-4-6(2)8-5/h4-7,10-11,15H,8-9H2,1-2H3;2-5H;5-8H,3-4H2,1-2H3/t10-,11+;;5-,6+. The fraction of sp³-hybridized carbons (Fsp3) is 0.462. The third kappa shape index (κ3) is 9.59. The molecule has 6 nitrogen and oxygen atoms in total. The first kappa shape index (κ1) is 26.3. The molecule has 0 aromatic heterocycles. The van der Waals surface area contributed by atoms with E-state index in [-0.39, 0.29) is 5.82 Å². The molecule has 0 unspecified atom stereocenters. The highest BCUT2D eigenvalue weighted by molar-refractivity contribution is 5.56. The van der Waals surface area contributed by atoms with Gasteiger partial charge in [0.05, 0.1) is 13.1 Å². The number of hydrogen-bond donors (Lipinski definition) is 3. The van der Waals surface area contributed by atoms with E-state index in [0.29, 0.717) is 35.5 Å². The van der Waals surface area contributed by atoms with Crippen LogP contribution in [0.4, 0.5) is 21.5 Å². The van der Waals surface area contributed by atoms with Crippen LogP contribution in [0.25, 0.3) is 9.69 Å². The lowest BCUT2D eigenvalue weighted by molar-refractivity contribution is 0.370. The molecule has 4 atom stereocenters. The van der Waals surface area contributed by atoms with Crippen LogP contribution in [-0.4, -0.2) is 50.3 Å². The lowest BCUT2D eigenvalue weighted by Crippen LogP contribution is -2.54. The minimum atomic E-state index is -0.303. The zero-order chi connectivity index (χ0) is 24.2. The summed E-state index contributed by atoms with van der Waals surface area (Å²) in [6, 6.07) is 15.6. The fourth-order valence-electron chi connectivity index (χ4n) is 3.91. The van der Waals surface area contributed by atoms with Crippen molar-refractivity contribution >= 4 is 17.1 Å². The van der Waals surface area contributed by atoms with Crippen molar-refractivity contribution in [1.29, 1.82) is 0 Å². The fourth-order valence-corrected chi connectivity index (χ4v) is 3.91. The van der Waals surface area contributed by atoms with Gasteiger partial charge in [0, 0.05) is 56.0 Å². The van der Waals surface area contributed by atoms with E-state index in [0.717, 1.165) is 26.2 Å². The molecule has 4 rings (SSSR count). The molecule has 2 aliphatic heterocycles. The van der Waals surface area contributed by atoms with Crippen LogP contribution in [0.2, 0.25) is 0 Å². The van der Waals surface area contributed by atoms with E-state index < -0.39 is 0 Å². The van der Waals surface area contributed by atoms with E-state index in [1.807, 2.05) is 24.3 Å². The van der Waals surface area contributed by atoms with Crippen molar-refractivity contribution < 1.29 is 4.39 Å². The Morgan fingerprint density at radius 1 is 0.727 bits per heavy atom. The number of halogens is 1. The van der Waals surface area contributed by atoms with Crippen molar-refractivity contribution in [2.45, 2.75) is 51.9 Å². The summed E-state index contributed by atoms with van der Waals surface area (Å²) in [6.45, 7) is 26.5. The molecule has 0 saturated carbocycles. The number of nitrogens with zero attached hydrogens (tertiary/aromatic N) is 3. The van der Waals surface area contributed by atoms with Gasteiger partial charge >= 0.3 is 0 Å². The van der Waals surface area contributed by atoms with E-state index in [4.69, 9.17) is 13.1 Å². The summed E-state index contributed by atoms with van der Waals surface area (Å²) in [5.74, 6) is -0.303. The predicted molar refractivity (Wildman–Crippen MR) is 135 cm³/mol. The molecule has 0 aliphatic carbocycles. The Morgan fingerprint density at radius 3 is 1.55 bits per heavy atom. The van der Waals surface area contributed by atoms with Crippen molar-refractivity contribution in [2.24, 2.45) is 0 Å². The molecule has 0 spiro atoms. The van der Waals surface area contributed by atoms with Gasteiger partial charge in [0.25, 0.3) is 0 Å². The monoisotopic (exact) mass is 450 g/mol. The number of nitrogens with one attached hydrogen (secondary N) is 3. The Balaban J connectivity index is 0.000000192. The number of anilines is 1. The van der Waals surface area contributed by atoms with Gasteiger partial charge in [0.1, 0.15) is 5.82 Å². The second-order valence-corrected chi connectivity index (χ2v) is 8.72. The lowest BCUT2D eigenvalue weighted by atomic mass is 10.1. The normalized spacial score (nSPS) is 24.2. The maximum Gasteiger partial charge on any atom is 0.187 e. The number of piperazine rings is 2. The maximum absolute atomic E-state index is 12.1. The molecule has 2 aromatic rings. The van der Waals surface area contributed by atoms with Crippen LogP contribution in [0, 0.1) is 19.0 Å². The molecule has 7 heteroatoms. The molecule has 2 saturated heterocycles. The first-order valence-electron chi connectivity index (χ1n) is 11.4. The third-order valence-electron chi connectivity index (χ3n) is 5.33. The summed E-state index contributed by atoms with van der Waals surface area (Å²) in [7, 11) is 0. The average molecular weight is 451 g/mol. The third-order valence-corrected chi connectivity index (χ3v) is 5.33. The van der Waals surface area contributed by atoms with Crippen LogP contribution in [0.3, 0.4) is 0 Å². The Bertz CT molecular complexity index is 898. The Labute approximate surface area is 197 Å². The Kier molecular flexibility index (Phi) is 10.8. The maximum atomic E-state index is 12.1. The Morgan fingerprint density at radius 2 is 1.15 bits per heavy atom. The minimum Gasteiger partial charge on any atom is -0.369 e. The lowest BCUT2D eigenvalue weighted by Gasteiger charge is -2.37. The summed E-state index contributed by atoms with van der Waals surface area (Å²) in [6.07, 6.45) is 0. The zero-order valence-electron chi connectivity index (χ0n) is 20.0. The molecule has 176 valence electrons. The van der Waals surface area contributed by atoms with Crippen LogP contribution in [0.1, 0.15) is 27.7 Å². The highest BCUT2D eigenvalue weighted by Crippen LogP contribution is 2.21. The van der Waals surface area contributed by atoms with Crippen LogP contribution in [-0.2, 0) is 0 Å². The van der Waals surface area contributed by atoms with Crippen LogP contribution in [0.5, 0.6) is 0 Å². The predicted octanol–water partition coefficient (Wildman–Crippen LogP) is 4.76. The molecule has 2 fully saturated rings. The van der Waals surface area contributed by atoms with Gasteiger partial charge in [0.15, 0.2) is 11.4 Å². The highest BCUT2D eigenvalue weighted by atomic mass is 19.1. The van der Waals surface area contributed by atoms with Gasteiger partial charge in [-0.3, -0.25) is 0 Å². The molecule has 2 aromatic carbocycles. The first-order chi connectivity index (χ1) is 15.8. The van der Waals surface area contributed by atoms with Gasteiger partial charge in [-0.2, -0.15) is 0 Å². The minimum absolute atomic E-state index is 0.303. The smallest absolute Gasteiger partial charge is 0.187 e. The van der Waals surface area contributed by atoms with Gasteiger partial charge in [0.2, 0.25) is 0 Å². The van der Waals surface area contributed by atoms with Crippen molar-refractivity contribution in [3.05, 3.63) is 77.2 Å². The van der Waals surface area contributed by atoms with Gasteiger partial charge in [-0.25, -0.2) is 14.1 Å². The van der Waals surface area contributed by atoms with Crippen molar-refractivity contribution in [3.8, 4) is 0 Å². The second kappa shape index (κ2) is 13.5. The van der Waals surface area contributed by atoms with Gasteiger partial charge < -0.3 is 20.9 Å². The van der Waals surface area contributed by atoms with E-state index >= 15 is 0 Å². The molecule has 2 heterocycles. The molecule has 0 bridgehead atoms. The van der Waals surface area contributed by atoms with Crippen LogP contribution in [0.15, 0.2) is 48.5 Å². The molecule has 2 aliphatic rings. The van der Waals surface area contributed by atoms with Gasteiger partial charge in [-0.1, -0.05) is 24.3 Å². The van der Waals surface area contributed by atoms with Gasteiger partial charge in [-0.15, -0.1) is 0 Å². The van der Waals surface area contributed by atoms with Crippen LogP contribution >= 0.6 is 0 Å². The van der Waals surface area contributed by atoms with Crippen molar-refractivity contribution in [1.82, 2.24) is 16.0 Å². The SMILES string of the molecule is C[C@@H]1CNC[C@H](C)N1.[C-]#[N+]c1ccc(F)cc1.[C-]#[N+]c1ccc(N2C[C@@H](C)N[C@@H](C)C2)cc1. The topological polar surface area (TPSA) is 48.1 Å². The van der Waals surface area contributed by atoms with E-state index in [1.165, 1.54) is 30.0 Å².